The van der Waals surface area contributed by atoms with Gasteiger partial charge in [0, 0.05) is 32.4 Å². The van der Waals surface area contributed by atoms with Gasteiger partial charge in [-0.25, -0.2) is 4.79 Å². The topological polar surface area (TPSA) is 88.1 Å². The molecule has 0 radical (unpaired) electrons. The average Bonchev–Trinajstić information content (AvgIpc) is 2.76. The van der Waals surface area contributed by atoms with Gasteiger partial charge in [-0.15, -0.1) is 0 Å². The third kappa shape index (κ3) is 6.98. The van der Waals surface area contributed by atoms with E-state index in [2.05, 4.69) is 5.32 Å². The Bertz CT molecular complexity index is 930. The SMILES string of the molecule is COc1cc2cc(c1Cl)N(C)C(=O)CCC[C@@H](O)C[C@@H]1CC(C/C=C/C=C(\C)C2)NC(=O)O1. The average molecular weight is 477 g/mol. The fourth-order valence-electron chi connectivity index (χ4n) is 4.28. The van der Waals surface area contributed by atoms with E-state index in [0.717, 1.165) is 11.1 Å². The van der Waals surface area contributed by atoms with Gasteiger partial charge in [0.1, 0.15) is 16.9 Å². The van der Waals surface area contributed by atoms with Gasteiger partial charge in [-0.2, -0.15) is 0 Å². The number of carbonyl (C=O) groups is 2. The van der Waals surface area contributed by atoms with E-state index in [1.54, 1.807) is 19.1 Å². The number of halogens is 1. The summed E-state index contributed by atoms with van der Waals surface area (Å²) in [6.07, 6.45) is 8.23. The van der Waals surface area contributed by atoms with Crippen molar-refractivity contribution in [3.05, 3.63) is 46.5 Å². The lowest BCUT2D eigenvalue weighted by molar-refractivity contribution is -0.118. The number of hydrogen-bond donors (Lipinski definition) is 2. The van der Waals surface area contributed by atoms with Crippen LogP contribution in [0.1, 0.15) is 51.0 Å². The molecule has 1 aromatic rings. The minimum Gasteiger partial charge on any atom is -0.495 e. The van der Waals surface area contributed by atoms with Crippen molar-refractivity contribution in [3.8, 4) is 5.75 Å². The number of methoxy groups -OCH3 is 1. The van der Waals surface area contributed by atoms with Gasteiger partial charge in [-0.05, 0) is 50.3 Å². The van der Waals surface area contributed by atoms with Crippen molar-refractivity contribution in [1.29, 1.82) is 0 Å². The number of nitrogens with zero attached hydrogens (tertiary/aromatic N) is 1. The third-order valence-corrected chi connectivity index (χ3v) is 6.44. The second-order valence-corrected chi connectivity index (χ2v) is 9.20. The number of aliphatic hydroxyl groups excluding tert-OH is 1. The molecule has 180 valence electrons. The molecule has 8 heteroatoms. The summed E-state index contributed by atoms with van der Waals surface area (Å²) in [5, 5.41) is 13.7. The summed E-state index contributed by atoms with van der Waals surface area (Å²) in [7, 11) is 3.26. The number of rotatable bonds is 1. The van der Waals surface area contributed by atoms with Gasteiger partial charge in [-0.3, -0.25) is 4.79 Å². The van der Waals surface area contributed by atoms with Gasteiger partial charge in [0.25, 0.3) is 0 Å². The zero-order valence-electron chi connectivity index (χ0n) is 19.5. The molecule has 3 atom stereocenters. The number of alkyl carbamates (subject to hydrolysis) is 1. The van der Waals surface area contributed by atoms with Crippen molar-refractivity contribution < 1.29 is 24.2 Å². The Morgan fingerprint density at radius 3 is 2.82 bits per heavy atom. The van der Waals surface area contributed by atoms with Crippen molar-refractivity contribution in [2.24, 2.45) is 0 Å². The van der Waals surface area contributed by atoms with Crippen molar-refractivity contribution in [2.45, 2.75) is 70.1 Å². The Morgan fingerprint density at radius 1 is 1.27 bits per heavy atom. The summed E-state index contributed by atoms with van der Waals surface area (Å²) in [6.45, 7) is 2.04. The molecule has 1 aromatic carbocycles. The Balaban J connectivity index is 1.87. The molecule has 2 heterocycles. The van der Waals surface area contributed by atoms with Gasteiger partial charge >= 0.3 is 6.09 Å². The van der Waals surface area contributed by atoms with Crippen LogP contribution in [0.25, 0.3) is 0 Å². The van der Waals surface area contributed by atoms with Gasteiger partial charge in [0.2, 0.25) is 5.91 Å². The Morgan fingerprint density at radius 2 is 2.06 bits per heavy atom. The maximum absolute atomic E-state index is 12.8. The predicted octanol–water partition coefficient (Wildman–Crippen LogP) is 4.55. The van der Waals surface area contributed by atoms with Crippen LogP contribution in [0.15, 0.2) is 35.9 Å². The first-order valence-electron chi connectivity index (χ1n) is 11.4. The summed E-state index contributed by atoms with van der Waals surface area (Å²) in [6, 6.07) is 3.78. The second kappa shape index (κ2) is 11.6. The summed E-state index contributed by atoms with van der Waals surface area (Å²) in [5.74, 6) is 0.432. The lowest BCUT2D eigenvalue weighted by Crippen LogP contribution is -2.46. The zero-order chi connectivity index (χ0) is 24.0. The number of benzene rings is 1. The molecule has 33 heavy (non-hydrogen) atoms. The first kappa shape index (κ1) is 25.1. The maximum Gasteiger partial charge on any atom is 0.407 e. The Hall–Kier alpha value is -2.51. The van der Waals surface area contributed by atoms with Gasteiger partial charge in [-0.1, -0.05) is 35.4 Å². The number of allylic oxidation sites excluding steroid dienone is 3. The summed E-state index contributed by atoms with van der Waals surface area (Å²) >= 11 is 6.52. The summed E-state index contributed by atoms with van der Waals surface area (Å²) in [5.41, 5.74) is 2.72. The maximum atomic E-state index is 12.8. The molecule has 2 aliphatic heterocycles. The van der Waals surface area contributed by atoms with Crippen molar-refractivity contribution in [1.82, 2.24) is 5.32 Å². The van der Waals surface area contributed by atoms with E-state index in [4.69, 9.17) is 21.1 Å². The first-order chi connectivity index (χ1) is 15.8. The summed E-state index contributed by atoms with van der Waals surface area (Å²) < 4.78 is 10.8. The van der Waals surface area contributed by atoms with E-state index < -0.39 is 12.2 Å². The smallest absolute Gasteiger partial charge is 0.407 e. The molecule has 1 fully saturated rings. The quantitative estimate of drug-likeness (QED) is 0.620. The minimum absolute atomic E-state index is 0.0335. The van der Waals surface area contributed by atoms with E-state index in [1.165, 1.54) is 0 Å². The van der Waals surface area contributed by atoms with Gasteiger partial charge < -0.3 is 24.8 Å². The van der Waals surface area contributed by atoms with Crippen LogP contribution in [0, 0.1) is 0 Å². The molecule has 0 aromatic heterocycles. The van der Waals surface area contributed by atoms with E-state index in [9.17, 15) is 14.7 Å². The number of nitrogens with one attached hydrogen (secondary N) is 1. The normalized spacial score (nSPS) is 27.7. The molecule has 0 saturated carbocycles. The highest BCUT2D eigenvalue weighted by atomic mass is 35.5. The fourth-order valence-corrected chi connectivity index (χ4v) is 4.59. The fraction of sp³-hybridized carbons (Fsp3) is 0.520. The van der Waals surface area contributed by atoms with Gasteiger partial charge in [0.05, 0.1) is 18.9 Å². The van der Waals surface area contributed by atoms with E-state index in [1.807, 2.05) is 37.3 Å². The second-order valence-electron chi connectivity index (χ2n) is 8.82. The molecule has 1 saturated heterocycles. The molecule has 4 bridgehead atoms. The highest BCUT2D eigenvalue weighted by Crippen LogP contribution is 2.36. The van der Waals surface area contributed by atoms with Crippen molar-refractivity contribution in [3.63, 3.8) is 0 Å². The predicted molar refractivity (Wildman–Crippen MR) is 129 cm³/mol. The number of anilines is 1. The molecule has 7 nitrogen and oxygen atoms in total. The monoisotopic (exact) mass is 476 g/mol. The van der Waals surface area contributed by atoms with E-state index in [-0.39, 0.29) is 24.5 Å². The number of hydrogen-bond acceptors (Lipinski definition) is 5. The molecule has 2 amide bonds. The van der Waals surface area contributed by atoms with Crippen LogP contribution in [0.5, 0.6) is 5.75 Å². The lowest BCUT2D eigenvalue weighted by atomic mass is 9.97. The summed E-state index contributed by atoms with van der Waals surface area (Å²) in [4.78, 5) is 26.3. The van der Waals surface area contributed by atoms with Gasteiger partial charge in [0.15, 0.2) is 0 Å². The number of carbonyl (C=O) groups excluding carboxylic acids is 2. The third-order valence-electron chi connectivity index (χ3n) is 6.06. The number of fused-ring (bicyclic) bond motifs is 4. The largest absolute Gasteiger partial charge is 0.495 e. The van der Waals surface area contributed by atoms with Crippen LogP contribution in [0.2, 0.25) is 5.02 Å². The van der Waals surface area contributed by atoms with Crippen molar-refractivity contribution in [2.75, 3.05) is 19.1 Å². The van der Waals surface area contributed by atoms with Crippen LogP contribution in [-0.2, 0) is 16.0 Å². The number of aliphatic hydroxyl groups is 1. The van der Waals surface area contributed by atoms with Crippen LogP contribution >= 0.6 is 11.6 Å². The van der Waals surface area contributed by atoms with E-state index in [0.29, 0.717) is 55.0 Å². The van der Waals surface area contributed by atoms with E-state index >= 15 is 0 Å². The molecule has 0 aliphatic carbocycles. The van der Waals surface area contributed by atoms with Crippen LogP contribution in [0.3, 0.4) is 0 Å². The molecule has 0 spiro atoms. The zero-order valence-corrected chi connectivity index (χ0v) is 20.2. The standard InChI is InChI=1S/C25H33ClN2O5/c1-16-7-4-5-8-18-14-20(33-25(31)27-18)15-19(29)9-6-10-23(30)28(2)21-12-17(11-16)13-22(32-3)24(21)26/h4-5,7,12-13,18-20,29H,6,8-11,14-15H2,1-3H3,(H,27,31)/b5-4+,16-7+/t18?,19-,20+/m1/s1. The minimum atomic E-state index is -0.644. The molecule has 2 aliphatic rings. The molecular formula is C25H33ClN2O5. The molecule has 2 N–H and O–H groups in total. The highest BCUT2D eigenvalue weighted by Gasteiger charge is 2.29. The Kier molecular flexibility index (Phi) is 8.80. The van der Waals surface area contributed by atoms with Crippen LogP contribution in [0.4, 0.5) is 10.5 Å². The van der Waals surface area contributed by atoms with Crippen LogP contribution < -0.4 is 15.0 Å². The molecular weight excluding hydrogens is 444 g/mol. The highest BCUT2D eigenvalue weighted by molar-refractivity contribution is 6.35. The first-order valence-corrected chi connectivity index (χ1v) is 11.7. The molecule has 1 unspecified atom stereocenters. The van der Waals surface area contributed by atoms with Crippen LogP contribution in [-0.4, -0.2) is 49.5 Å². The lowest BCUT2D eigenvalue weighted by Gasteiger charge is -2.30. The molecule has 3 rings (SSSR count). The number of amides is 2. The Labute approximate surface area is 200 Å². The van der Waals surface area contributed by atoms with Crippen molar-refractivity contribution >= 4 is 29.3 Å². The number of ether oxygens (including phenoxy) is 2.